The molecule has 0 saturated heterocycles. The van der Waals surface area contributed by atoms with Crippen LogP contribution in [-0.2, 0) is 16.2 Å². The lowest BCUT2D eigenvalue weighted by atomic mass is 9.42. The lowest BCUT2D eigenvalue weighted by Gasteiger charge is -2.63. The summed E-state index contributed by atoms with van der Waals surface area (Å²) < 4.78 is 203. The fourth-order valence-electron chi connectivity index (χ4n) is 10.8. The minimum atomic E-state index is -1.42. The molecule has 4 saturated carbocycles. The second-order valence-corrected chi connectivity index (χ2v) is 17.2. The number of rotatable bonds is 4. The molecule has 0 amide bonds. The Morgan fingerprint density at radius 1 is 0.537 bits per heavy atom. The van der Waals surface area contributed by atoms with Crippen LogP contribution in [0.5, 0.6) is 11.5 Å². The van der Waals surface area contributed by atoms with Crippen LogP contribution in [0.15, 0.2) is 127 Å². The Morgan fingerprint density at radius 2 is 1.13 bits per heavy atom. The Labute approximate surface area is 350 Å². The van der Waals surface area contributed by atoms with E-state index in [0.717, 1.165) is 11.3 Å². The zero-order valence-corrected chi connectivity index (χ0v) is 30.6. The van der Waals surface area contributed by atoms with Crippen LogP contribution in [-0.4, -0.2) is 0 Å². The topological polar surface area (TPSA) is 12.5 Å². The maximum Gasteiger partial charge on any atom is 0.131 e. The molecule has 6 aliphatic rings. The monoisotopic (exact) mass is 727 g/mol. The number of benzene rings is 6. The minimum absolute atomic E-state index is 0.0169. The minimum Gasteiger partial charge on any atom is -0.457 e. The second kappa shape index (κ2) is 11.6. The Morgan fingerprint density at radius 3 is 1.89 bits per heavy atom. The van der Waals surface area contributed by atoms with Gasteiger partial charge in [0.2, 0.25) is 0 Å². The van der Waals surface area contributed by atoms with Crippen molar-refractivity contribution in [3.05, 3.63) is 149 Å². The van der Waals surface area contributed by atoms with E-state index in [0.29, 0.717) is 49.7 Å². The zero-order chi connectivity index (χ0) is 54.7. The summed E-state index contributed by atoms with van der Waals surface area (Å²) in [6.07, 6.45) is 4.48. The van der Waals surface area contributed by atoms with Gasteiger partial charge in [-0.1, -0.05) is 106 Å². The van der Waals surface area contributed by atoms with Crippen molar-refractivity contribution in [3.8, 4) is 22.6 Å². The van der Waals surface area contributed by atoms with Crippen LogP contribution >= 0.6 is 0 Å². The van der Waals surface area contributed by atoms with Crippen LogP contribution in [0, 0.1) is 23.7 Å². The first kappa shape index (κ1) is 17.8. The van der Waals surface area contributed by atoms with Crippen molar-refractivity contribution in [1.82, 2.24) is 0 Å². The fourth-order valence-corrected chi connectivity index (χ4v) is 10.8. The van der Waals surface area contributed by atoms with E-state index in [1.807, 2.05) is 27.7 Å². The van der Waals surface area contributed by atoms with Gasteiger partial charge in [0.1, 0.15) is 11.5 Å². The molecule has 4 bridgehead atoms. The molecule has 270 valence electrons. The molecule has 0 N–H and O–H groups in total. The van der Waals surface area contributed by atoms with Crippen molar-refractivity contribution in [2.24, 2.45) is 23.7 Å². The van der Waals surface area contributed by atoms with Crippen molar-refractivity contribution in [3.63, 3.8) is 0 Å². The molecular weight excluding hydrogens is 655 g/mol. The van der Waals surface area contributed by atoms with Crippen LogP contribution in [0.25, 0.3) is 21.9 Å². The highest BCUT2D eigenvalue weighted by Gasteiger charge is 2.61. The lowest BCUT2D eigenvalue weighted by Crippen LogP contribution is -2.57. The van der Waals surface area contributed by atoms with E-state index in [4.69, 9.17) is 18.4 Å². The van der Waals surface area contributed by atoms with Gasteiger partial charge in [0.05, 0.1) is 28.8 Å². The first-order valence-corrected chi connectivity index (χ1v) is 18.9. The Bertz CT molecular complexity index is 3580. The standard InChI is InChI=1S/C52H51NO/c1-50(2)24-25-51(3,4)46-31-40(20-22-44(46)50)53(39-18-16-36(17-19-39)43-13-9-11-35-10-5-6-12-42(35)43)41-21-23-49-47(32-41)52(45-14-7-8-15-48(45)54-49)37-27-33-26-34(29-37)30-38(52)28-33/h5-23,31-34,37-38H,24-30H2,1-4H3/i5D,6D,7D,8D,9D,10D,11D,12D,13D,14D,15D,16D,17D,18D,19D,20D,21D,22D,23D,31D,32D. The molecule has 2 heteroatoms. The third kappa shape index (κ3) is 4.71. The van der Waals surface area contributed by atoms with Gasteiger partial charge in [0.15, 0.2) is 0 Å². The van der Waals surface area contributed by atoms with Crippen LogP contribution in [0.3, 0.4) is 0 Å². The Hall–Kier alpha value is -4.82. The number of para-hydroxylation sites is 1. The molecule has 54 heavy (non-hydrogen) atoms. The maximum absolute atomic E-state index is 10.6. The SMILES string of the molecule is [2H]c1c([2H])c([2H])c2c(c1[2H])Oc1c([2H])c([2H])c(N(c3c([2H])c([2H])c(-c4c([2H])c([2H])c([2H])c5c([2H])c([2H])c([2H])c([2H])c45)c([2H])c3[2H])c3c([2H])c([2H])c4c(c3[2H])C(C)(C)CCC4(C)C)c([2H])c1C21C2CC3CC(C2)CC1C3. The summed E-state index contributed by atoms with van der Waals surface area (Å²) in [6.45, 7) is 7.54. The van der Waals surface area contributed by atoms with E-state index in [1.54, 1.807) is 0 Å². The van der Waals surface area contributed by atoms with E-state index in [1.165, 1.54) is 0 Å². The van der Waals surface area contributed by atoms with E-state index in [2.05, 4.69) is 0 Å². The molecule has 5 aliphatic carbocycles. The number of nitrogens with zero attached hydrogens (tertiary/aromatic N) is 1. The first-order valence-electron chi connectivity index (χ1n) is 29.4. The highest BCUT2D eigenvalue weighted by atomic mass is 16.5. The van der Waals surface area contributed by atoms with Crippen LogP contribution in [0.1, 0.15) is 124 Å². The average molecular weight is 727 g/mol. The van der Waals surface area contributed by atoms with Gasteiger partial charge in [-0.2, -0.15) is 0 Å². The smallest absolute Gasteiger partial charge is 0.131 e. The van der Waals surface area contributed by atoms with Gasteiger partial charge in [-0.3, -0.25) is 0 Å². The van der Waals surface area contributed by atoms with Crippen LogP contribution in [0.4, 0.5) is 17.1 Å². The van der Waals surface area contributed by atoms with E-state index in [9.17, 15) is 15.1 Å². The molecular formula is C52H51NO. The molecule has 0 aromatic heterocycles. The maximum atomic E-state index is 10.6. The van der Waals surface area contributed by atoms with Crippen molar-refractivity contribution < 1.29 is 33.5 Å². The van der Waals surface area contributed by atoms with E-state index < -0.39 is 164 Å². The molecule has 6 aromatic rings. The van der Waals surface area contributed by atoms with Crippen LogP contribution in [0.2, 0.25) is 0 Å². The summed E-state index contributed by atoms with van der Waals surface area (Å²) in [5, 5.41) is -1.01. The molecule has 12 rings (SSSR count). The van der Waals surface area contributed by atoms with Gasteiger partial charge in [0.25, 0.3) is 0 Å². The largest absolute Gasteiger partial charge is 0.457 e. The van der Waals surface area contributed by atoms with E-state index in [-0.39, 0.29) is 64.4 Å². The summed E-state index contributed by atoms with van der Waals surface area (Å²) in [6, 6.07) is -14.6. The molecule has 0 radical (unpaired) electrons. The van der Waals surface area contributed by atoms with Gasteiger partial charge in [0, 0.05) is 33.6 Å². The fraction of sp³-hybridized carbons (Fsp3) is 0.346. The molecule has 1 heterocycles. The predicted molar refractivity (Wildman–Crippen MR) is 224 cm³/mol. The second-order valence-electron chi connectivity index (χ2n) is 17.2. The van der Waals surface area contributed by atoms with Gasteiger partial charge in [-0.25, -0.2) is 0 Å². The van der Waals surface area contributed by atoms with Crippen LogP contribution < -0.4 is 9.64 Å². The normalized spacial score (nSPS) is 32.0. The first-order chi connectivity index (χ1) is 35.0. The summed E-state index contributed by atoms with van der Waals surface area (Å²) in [4.78, 5) is 0.905. The Balaban J connectivity index is 1.31. The molecule has 4 fully saturated rings. The number of fused-ring (bicyclic) bond motifs is 4. The lowest BCUT2D eigenvalue weighted by molar-refractivity contribution is -0.0452. The van der Waals surface area contributed by atoms with E-state index >= 15 is 0 Å². The Kier molecular flexibility index (Phi) is 3.81. The zero-order valence-electron chi connectivity index (χ0n) is 51.6. The van der Waals surface area contributed by atoms with Gasteiger partial charge < -0.3 is 9.64 Å². The molecule has 2 nitrogen and oxygen atoms in total. The highest BCUT2D eigenvalue weighted by Crippen LogP contribution is 2.69. The predicted octanol–water partition coefficient (Wildman–Crippen LogP) is 14.2. The van der Waals surface area contributed by atoms with Crippen molar-refractivity contribution in [2.75, 3.05) is 4.90 Å². The molecule has 0 unspecified atom stereocenters. The third-order valence-corrected chi connectivity index (χ3v) is 13.2. The quantitative estimate of drug-likeness (QED) is 0.179. The summed E-state index contributed by atoms with van der Waals surface area (Å²) in [5.74, 6) is -0.697. The average Bonchev–Trinajstić information content (AvgIpc) is 3.37. The molecule has 1 spiro atoms. The van der Waals surface area contributed by atoms with Crippen molar-refractivity contribution in [2.45, 2.75) is 88.9 Å². The number of ether oxygens (including phenoxy) is 1. The summed E-state index contributed by atoms with van der Waals surface area (Å²) in [5.41, 5.74) is -5.28. The van der Waals surface area contributed by atoms with Crippen molar-refractivity contribution in [1.29, 1.82) is 0 Å². The summed E-state index contributed by atoms with van der Waals surface area (Å²) in [7, 11) is 0. The van der Waals surface area contributed by atoms with Crippen molar-refractivity contribution >= 4 is 27.8 Å². The molecule has 0 atom stereocenters. The van der Waals surface area contributed by atoms with Gasteiger partial charge in [-0.15, -0.1) is 0 Å². The highest BCUT2D eigenvalue weighted by molar-refractivity contribution is 5.97. The van der Waals surface area contributed by atoms with Gasteiger partial charge >= 0.3 is 0 Å². The number of anilines is 3. The molecule has 1 aliphatic heterocycles. The van der Waals surface area contributed by atoms with Gasteiger partial charge in [-0.05, 0) is 161 Å². The summed E-state index contributed by atoms with van der Waals surface area (Å²) >= 11 is 0. The third-order valence-electron chi connectivity index (χ3n) is 13.2. The number of hydrogen-bond donors (Lipinski definition) is 0. The number of hydrogen-bond acceptors (Lipinski definition) is 2. The molecule has 6 aromatic carbocycles.